The van der Waals surface area contributed by atoms with Crippen LogP contribution >= 0.6 is 0 Å². The van der Waals surface area contributed by atoms with Gasteiger partial charge in [0.15, 0.2) is 5.76 Å². The van der Waals surface area contributed by atoms with E-state index in [1.54, 1.807) is 12.1 Å². The van der Waals surface area contributed by atoms with E-state index in [0.29, 0.717) is 0 Å². The third kappa shape index (κ3) is 3.00. The largest absolute Gasteiger partial charge is 0.459 e. The Morgan fingerprint density at radius 2 is 1.91 bits per heavy atom. The lowest BCUT2D eigenvalue weighted by Crippen LogP contribution is -2.33. The quantitative estimate of drug-likeness (QED) is 0.852. The van der Waals surface area contributed by atoms with Gasteiger partial charge in [-0.3, -0.25) is 4.79 Å². The van der Waals surface area contributed by atoms with Crippen LogP contribution in [0.5, 0.6) is 0 Å². The molecule has 0 unspecified atom stereocenters. The van der Waals surface area contributed by atoms with Crippen LogP contribution in [0.25, 0.3) is 0 Å². The fraction of sp³-hybridized carbons (Fsp3) is 0.312. The molecule has 1 aromatic carbocycles. The smallest absolute Gasteiger partial charge is 0.416 e. The lowest BCUT2D eigenvalue weighted by molar-refractivity contribution is -0.138. The number of carbonyl (C=O) groups excluding carboxylic acids is 1. The molecule has 0 bridgehead atoms. The summed E-state index contributed by atoms with van der Waals surface area (Å²) in [4.78, 5) is 13.9. The minimum Gasteiger partial charge on any atom is -0.459 e. The van der Waals surface area contributed by atoms with Crippen molar-refractivity contribution in [3.05, 3.63) is 59.5 Å². The van der Waals surface area contributed by atoms with Crippen molar-refractivity contribution in [2.75, 3.05) is 0 Å². The summed E-state index contributed by atoms with van der Waals surface area (Å²) in [5.41, 5.74) is -0.602. The van der Waals surface area contributed by atoms with E-state index in [1.165, 1.54) is 29.4 Å². The summed E-state index contributed by atoms with van der Waals surface area (Å²) in [6, 6.07) is 8.44. The second-order valence-electron chi connectivity index (χ2n) is 5.30. The molecule has 1 amide bonds. The Labute approximate surface area is 125 Å². The van der Waals surface area contributed by atoms with Gasteiger partial charge in [-0.15, -0.1) is 0 Å². The van der Waals surface area contributed by atoms with E-state index < -0.39 is 11.7 Å². The number of hydrogen-bond donors (Lipinski definition) is 0. The highest BCUT2D eigenvalue weighted by Crippen LogP contribution is 2.35. The molecule has 1 heterocycles. The molecule has 1 saturated carbocycles. The van der Waals surface area contributed by atoms with Crippen molar-refractivity contribution in [2.24, 2.45) is 0 Å². The lowest BCUT2D eigenvalue weighted by Gasteiger charge is -2.23. The first-order valence-corrected chi connectivity index (χ1v) is 6.96. The van der Waals surface area contributed by atoms with E-state index >= 15 is 0 Å². The standard InChI is InChI=1S/C16H14F3NO2/c17-16(18,19)13-5-2-1-4-11(13)10-20(12-7-8-12)15(21)14-6-3-9-22-14/h1-6,9,12H,7-8,10H2. The number of amides is 1. The number of furan rings is 1. The Balaban J connectivity index is 1.88. The zero-order valence-electron chi connectivity index (χ0n) is 11.6. The highest BCUT2D eigenvalue weighted by Gasteiger charge is 2.37. The second-order valence-corrected chi connectivity index (χ2v) is 5.30. The van der Waals surface area contributed by atoms with Gasteiger partial charge < -0.3 is 9.32 Å². The van der Waals surface area contributed by atoms with Crippen molar-refractivity contribution in [1.82, 2.24) is 4.90 Å². The molecule has 0 saturated heterocycles. The third-order valence-electron chi connectivity index (χ3n) is 3.64. The number of hydrogen-bond acceptors (Lipinski definition) is 2. The van der Waals surface area contributed by atoms with Crippen molar-refractivity contribution < 1.29 is 22.4 Å². The van der Waals surface area contributed by atoms with Gasteiger partial charge in [-0.05, 0) is 36.6 Å². The summed E-state index contributed by atoms with van der Waals surface area (Å²) >= 11 is 0. The topological polar surface area (TPSA) is 33.5 Å². The highest BCUT2D eigenvalue weighted by molar-refractivity contribution is 5.91. The molecule has 0 N–H and O–H groups in total. The number of carbonyl (C=O) groups is 1. The zero-order valence-corrected chi connectivity index (χ0v) is 11.6. The van der Waals surface area contributed by atoms with Crippen molar-refractivity contribution in [3.63, 3.8) is 0 Å². The molecule has 0 atom stereocenters. The molecule has 116 valence electrons. The predicted molar refractivity (Wildman–Crippen MR) is 73.0 cm³/mol. The summed E-state index contributed by atoms with van der Waals surface area (Å²) in [7, 11) is 0. The van der Waals surface area contributed by atoms with Gasteiger partial charge in [-0.1, -0.05) is 18.2 Å². The maximum absolute atomic E-state index is 13.1. The molecule has 0 spiro atoms. The molecule has 6 heteroatoms. The Hall–Kier alpha value is -2.24. The van der Waals surface area contributed by atoms with Crippen LogP contribution in [-0.4, -0.2) is 16.8 Å². The van der Waals surface area contributed by atoms with Gasteiger partial charge in [-0.2, -0.15) is 13.2 Å². The lowest BCUT2D eigenvalue weighted by atomic mass is 10.1. The molecule has 1 aromatic heterocycles. The van der Waals surface area contributed by atoms with Gasteiger partial charge in [0.05, 0.1) is 11.8 Å². The second kappa shape index (κ2) is 5.51. The van der Waals surface area contributed by atoms with Crippen LogP contribution in [0.1, 0.15) is 34.5 Å². The fourth-order valence-corrected chi connectivity index (χ4v) is 2.41. The molecule has 2 aromatic rings. The molecule has 22 heavy (non-hydrogen) atoms. The average Bonchev–Trinajstić information content (AvgIpc) is 3.17. The van der Waals surface area contributed by atoms with E-state index in [0.717, 1.165) is 18.9 Å². The van der Waals surface area contributed by atoms with Crippen molar-refractivity contribution in [2.45, 2.75) is 31.6 Å². The summed E-state index contributed by atoms with van der Waals surface area (Å²) < 4.78 is 44.3. The third-order valence-corrected chi connectivity index (χ3v) is 3.64. The normalized spacial score (nSPS) is 14.9. The fourth-order valence-electron chi connectivity index (χ4n) is 2.41. The predicted octanol–water partition coefficient (Wildman–Crippen LogP) is 4.10. The van der Waals surface area contributed by atoms with Crippen LogP contribution in [-0.2, 0) is 12.7 Å². The SMILES string of the molecule is O=C(c1ccco1)N(Cc1ccccc1C(F)(F)F)C1CC1. The van der Waals surface area contributed by atoms with Crippen LogP contribution in [0.2, 0.25) is 0 Å². The molecule has 0 radical (unpaired) electrons. The van der Waals surface area contributed by atoms with Crippen molar-refractivity contribution >= 4 is 5.91 Å². The van der Waals surface area contributed by atoms with Gasteiger partial charge in [0.25, 0.3) is 5.91 Å². The number of nitrogens with zero attached hydrogens (tertiary/aromatic N) is 1. The molecule has 3 rings (SSSR count). The van der Waals surface area contributed by atoms with Crippen LogP contribution < -0.4 is 0 Å². The van der Waals surface area contributed by atoms with Crippen LogP contribution in [0.4, 0.5) is 13.2 Å². The zero-order chi connectivity index (χ0) is 15.7. The maximum atomic E-state index is 13.1. The van der Waals surface area contributed by atoms with E-state index in [9.17, 15) is 18.0 Å². The maximum Gasteiger partial charge on any atom is 0.416 e. The first kappa shape index (κ1) is 14.7. The summed E-state index contributed by atoms with van der Waals surface area (Å²) in [5.74, 6) is -0.221. The molecule has 1 aliphatic carbocycles. The summed E-state index contributed by atoms with van der Waals surface area (Å²) in [6.45, 7) is -0.0696. The van der Waals surface area contributed by atoms with E-state index in [4.69, 9.17) is 4.42 Å². The summed E-state index contributed by atoms with van der Waals surface area (Å²) in [6.07, 6.45) is -1.44. The number of benzene rings is 1. The van der Waals surface area contributed by atoms with Gasteiger partial charge in [0, 0.05) is 12.6 Å². The first-order chi connectivity index (χ1) is 10.5. The van der Waals surface area contributed by atoms with E-state index in [2.05, 4.69) is 0 Å². The molecule has 3 nitrogen and oxygen atoms in total. The Bertz CT molecular complexity index is 660. The molecular formula is C16H14F3NO2. The van der Waals surface area contributed by atoms with Gasteiger partial charge in [0.1, 0.15) is 0 Å². The monoisotopic (exact) mass is 309 g/mol. The van der Waals surface area contributed by atoms with Gasteiger partial charge >= 0.3 is 6.18 Å². The number of halogens is 3. The van der Waals surface area contributed by atoms with Gasteiger partial charge in [-0.25, -0.2) is 0 Å². The number of rotatable bonds is 4. The Morgan fingerprint density at radius 1 is 1.18 bits per heavy atom. The molecule has 1 fully saturated rings. The minimum absolute atomic E-state index is 0.0149. The van der Waals surface area contributed by atoms with Crippen LogP contribution in [0.3, 0.4) is 0 Å². The minimum atomic E-state index is -4.43. The highest BCUT2D eigenvalue weighted by atomic mass is 19.4. The van der Waals surface area contributed by atoms with E-state index in [1.807, 2.05) is 0 Å². The molecule has 0 aliphatic heterocycles. The molecule has 1 aliphatic rings. The summed E-state index contributed by atoms with van der Waals surface area (Å²) in [5, 5.41) is 0. The average molecular weight is 309 g/mol. The van der Waals surface area contributed by atoms with Crippen LogP contribution in [0, 0.1) is 0 Å². The molecular weight excluding hydrogens is 295 g/mol. The van der Waals surface area contributed by atoms with E-state index in [-0.39, 0.29) is 29.8 Å². The Kier molecular flexibility index (Phi) is 3.68. The van der Waals surface area contributed by atoms with Crippen LogP contribution in [0.15, 0.2) is 47.1 Å². The van der Waals surface area contributed by atoms with Crippen molar-refractivity contribution in [1.29, 1.82) is 0 Å². The first-order valence-electron chi connectivity index (χ1n) is 6.96. The Morgan fingerprint density at radius 3 is 2.50 bits per heavy atom. The number of alkyl halides is 3. The van der Waals surface area contributed by atoms with Gasteiger partial charge in [0.2, 0.25) is 0 Å². The van der Waals surface area contributed by atoms with Crippen molar-refractivity contribution in [3.8, 4) is 0 Å².